The Balaban J connectivity index is 3.30. The molecule has 0 fully saturated rings. The fourth-order valence-electron chi connectivity index (χ4n) is 1.75. The van der Waals surface area contributed by atoms with Crippen molar-refractivity contribution in [3.63, 3.8) is 0 Å². The van der Waals surface area contributed by atoms with Gasteiger partial charge in [-0.3, -0.25) is 4.79 Å². The average molecular weight is 350 g/mol. The maximum atomic E-state index is 12.8. The lowest BCUT2D eigenvalue weighted by molar-refractivity contribution is -0.142. The molecule has 1 aromatic rings. The first-order chi connectivity index (χ1) is 9.35. The van der Waals surface area contributed by atoms with Gasteiger partial charge in [0.05, 0.1) is 30.2 Å². The largest absolute Gasteiger partial charge is 0.466 e. The van der Waals surface area contributed by atoms with Gasteiger partial charge in [-0.05, 0) is 24.1 Å². The van der Waals surface area contributed by atoms with Gasteiger partial charge in [0.1, 0.15) is 0 Å². The molecule has 108 valence electrons. The number of hydrogen-bond donors (Lipinski definition) is 0. The maximum Gasteiger partial charge on any atom is 0.416 e. The second-order valence-corrected chi connectivity index (χ2v) is 4.41. The smallest absolute Gasteiger partial charge is 0.416 e. The van der Waals surface area contributed by atoms with Crippen molar-refractivity contribution in [2.24, 2.45) is 0 Å². The Labute approximate surface area is 122 Å². The number of nitrogens with zero attached hydrogens (tertiary/aromatic N) is 1. The van der Waals surface area contributed by atoms with Crippen molar-refractivity contribution in [2.75, 3.05) is 6.61 Å². The summed E-state index contributed by atoms with van der Waals surface area (Å²) < 4.78 is 43.3. The van der Waals surface area contributed by atoms with Crippen LogP contribution in [0.4, 0.5) is 13.2 Å². The molecule has 20 heavy (non-hydrogen) atoms. The maximum absolute atomic E-state index is 12.8. The first kappa shape index (κ1) is 16.5. The summed E-state index contributed by atoms with van der Waals surface area (Å²) >= 11 is 2.96. The zero-order chi connectivity index (χ0) is 15.3. The van der Waals surface area contributed by atoms with Crippen LogP contribution in [0.3, 0.4) is 0 Å². The van der Waals surface area contributed by atoms with E-state index in [1.165, 1.54) is 0 Å². The van der Waals surface area contributed by atoms with Crippen LogP contribution in [0.5, 0.6) is 0 Å². The third kappa shape index (κ3) is 3.73. The number of carbonyl (C=O) groups excluding carboxylic acids is 1. The van der Waals surface area contributed by atoms with Gasteiger partial charge in [0.15, 0.2) is 0 Å². The fourth-order valence-corrected chi connectivity index (χ4v) is 2.34. The Kier molecular flexibility index (Phi) is 5.57. The predicted octanol–water partition coefficient (Wildman–Crippen LogP) is 3.58. The molecule has 0 aliphatic heterocycles. The van der Waals surface area contributed by atoms with E-state index >= 15 is 0 Å². The molecule has 0 unspecified atom stereocenters. The molecule has 0 atom stereocenters. The third-order valence-electron chi connectivity index (χ3n) is 2.59. The highest BCUT2D eigenvalue weighted by Crippen LogP contribution is 2.35. The summed E-state index contributed by atoms with van der Waals surface area (Å²) in [6, 6.07) is 3.76. The van der Waals surface area contributed by atoms with Crippen LogP contribution in [-0.2, 0) is 27.5 Å². The molecular weight excluding hydrogens is 339 g/mol. The second kappa shape index (κ2) is 6.75. The number of alkyl halides is 4. The van der Waals surface area contributed by atoms with Crippen molar-refractivity contribution in [1.82, 2.24) is 0 Å². The van der Waals surface area contributed by atoms with E-state index in [0.29, 0.717) is 0 Å². The van der Waals surface area contributed by atoms with Crippen LogP contribution < -0.4 is 0 Å². The molecule has 0 saturated carbocycles. The highest BCUT2D eigenvalue weighted by atomic mass is 79.9. The quantitative estimate of drug-likeness (QED) is 0.616. The van der Waals surface area contributed by atoms with E-state index in [0.717, 1.165) is 12.1 Å². The van der Waals surface area contributed by atoms with E-state index in [1.807, 2.05) is 0 Å². The molecule has 0 bridgehead atoms. The zero-order valence-corrected chi connectivity index (χ0v) is 12.1. The molecule has 0 spiro atoms. The minimum absolute atomic E-state index is 0.124. The van der Waals surface area contributed by atoms with Gasteiger partial charge in [-0.25, -0.2) is 0 Å². The van der Waals surface area contributed by atoms with Crippen LogP contribution in [-0.4, -0.2) is 12.6 Å². The summed E-state index contributed by atoms with van der Waals surface area (Å²) in [5.74, 6) is -0.579. The third-order valence-corrected chi connectivity index (χ3v) is 3.15. The standard InChI is InChI=1S/C13H11BrF3NO2/c1-2-20-12(19)5-8-3-4-11(13(15,16)17)9(6-14)10(8)7-18/h3-4H,2,5-6H2,1H3. The van der Waals surface area contributed by atoms with Crippen molar-refractivity contribution in [1.29, 1.82) is 5.26 Å². The summed E-state index contributed by atoms with van der Waals surface area (Å²) in [5, 5.41) is 8.95. The SMILES string of the molecule is CCOC(=O)Cc1ccc(C(F)(F)F)c(CBr)c1C#N. The van der Waals surface area contributed by atoms with E-state index < -0.39 is 17.7 Å². The molecule has 1 rings (SSSR count). The molecule has 0 aliphatic rings. The van der Waals surface area contributed by atoms with Crippen LogP contribution in [0, 0.1) is 11.3 Å². The zero-order valence-electron chi connectivity index (χ0n) is 10.6. The highest BCUT2D eigenvalue weighted by Gasteiger charge is 2.34. The highest BCUT2D eigenvalue weighted by molar-refractivity contribution is 9.08. The molecule has 7 heteroatoms. The second-order valence-electron chi connectivity index (χ2n) is 3.85. The molecule has 0 aliphatic carbocycles. The van der Waals surface area contributed by atoms with Gasteiger partial charge in [0.2, 0.25) is 0 Å². The van der Waals surface area contributed by atoms with Crippen LogP contribution in [0.2, 0.25) is 0 Å². The van der Waals surface area contributed by atoms with Gasteiger partial charge in [0, 0.05) is 5.33 Å². The molecule has 1 aromatic carbocycles. The van der Waals surface area contributed by atoms with Crippen molar-refractivity contribution < 1.29 is 22.7 Å². The Bertz CT molecular complexity index is 550. The van der Waals surface area contributed by atoms with Crippen molar-refractivity contribution >= 4 is 21.9 Å². The fraction of sp³-hybridized carbons (Fsp3) is 0.385. The predicted molar refractivity (Wildman–Crippen MR) is 69.1 cm³/mol. The Morgan fingerprint density at radius 2 is 2.10 bits per heavy atom. The molecule has 0 amide bonds. The number of benzene rings is 1. The van der Waals surface area contributed by atoms with E-state index in [2.05, 4.69) is 15.9 Å². The monoisotopic (exact) mass is 349 g/mol. The average Bonchev–Trinajstić information content (AvgIpc) is 2.36. The Morgan fingerprint density at radius 3 is 2.55 bits per heavy atom. The summed E-state index contributed by atoms with van der Waals surface area (Å²) in [5.41, 5.74) is -0.946. The molecule has 0 aromatic heterocycles. The Morgan fingerprint density at radius 1 is 1.45 bits per heavy atom. The van der Waals surface area contributed by atoms with Crippen LogP contribution in [0.1, 0.15) is 29.2 Å². The summed E-state index contributed by atoms with van der Waals surface area (Å²) in [7, 11) is 0. The molecular formula is C13H11BrF3NO2. The van der Waals surface area contributed by atoms with Crippen LogP contribution >= 0.6 is 15.9 Å². The number of carbonyl (C=O) groups is 1. The van der Waals surface area contributed by atoms with Crippen LogP contribution in [0.25, 0.3) is 0 Å². The lowest BCUT2D eigenvalue weighted by Crippen LogP contribution is -2.14. The lowest BCUT2D eigenvalue weighted by Gasteiger charge is -2.15. The van der Waals surface area contributed by atoms with E-state index in [4.69, 9.17) is 10.00 Å². The van der Waals surface area contributed by atoms with E-state index in [-0.39, 0.29) is 35.0 Å². The number of hydrogen-bond acceptors (Lipinski definition) is 3. The number of ether oxygens (including phenoxy) is 1. The molecule has 0 saturated heterocycles. The van der Waals surface area contributed by atoms with Gasteiger partial charge < -0.3 is 4.74 Å². The first-order valence-corrected chi connectivity index (χ1v) is 6.80. The molecule has 0 heterocycles. The van der Waals surface area contributed by atoms with Gasteiger partial charge in [-0.2, -0.15) is 18.4 Å². The minimum Gasteiger partial charge on any atom is -0.466 e. The van der Waals surface area contributed by atoms with E-state index in [1.54, 1.807) is 13.0 Å². The number of esters is 1. The van der Waals surface area contributed by atoms with Crippen molar-refractivity contribution in [3.8, 4) is 6.07 Å². The van der Waals surface area contributed by atoms with E-state index in [9.17, 15) is 18.0 Å². The number of nitriles is 1. The van der Waals surface area contributed by atoms with Crippen molar-refractivity contribution in [3.05, 3.63) is 34.4 Å². The first-order valence-electron chi connectivity index (χ1n) is 5.68. The summed E-state index contributed by atoms with van der Waals surface area (Å²) in [4.78, 5) is 11.4. The van der Waals surface area contributed by atoms with Gasteiger partial charge in [-0.15, -0.1) is 0 Å². The van der Waals surface area contributed by atoms with Gasteiger partial charge in [0.25, 0.3) is 0 Å². The molecule has 0 radical (unpaired) electrons. The summed E-state index contributed by atoms with van der Waals surface area (Å²) in [6.45, 7) is 1.80. The number of halogens is 4. The van der Waals surface area contributed by atoms with Crippen molar-refractivity contribution in [2.45, 2.75) is 24.9 Å². The molecule has 0 N–H and O–H groups in total. The molecule has 3 nitrogen and oxygen atoms in total. The van der Waals surface area contributed by atoms with Gasteiger partial charge in [-0.1, -0.05) is 22.0 Å². The lowest BCUT2D eigenvalue weighted by atomic mass is 9.95. The topological polar surface area (TPSA) is 50.1 Å². The van der Waals surface area contributed by atoms with Crippen LogP contribution in [0.15, 0.2) is 12.1 Å². The minimum atomic E-state index is -4.54. The number of rotatable bonds is 4. The van der Waals surface area contributed by atoms with Gasteiger partial charge >= 0.3 is 12.1 Å². The Hall–Kier alpha value is -1.55. The normalized spacial score (nSPS) is 11.0. The summed E-state index contributed by atoms with van der Waals surface area (Å²) in [6.07, 6.45) is -4.77.